The van der Waals surface area contributed by atoms with Crippen LogP contribution in [0, 0.1) is 16.7 Å². The predicted molar refractivity (Wildman–Crippen MR) is 81.5 cm³/mol. The fourth-order valence-corrected chi connectivity index (χ4v) is 3.89. The van der Waals surface area contributed by atoms with Crippen molar-refractivity contribution in [1.29, 1.82) is 0 Å². The second-order valence-electron chi connectivity index (χ2n) is 7.27. The van der Waals surface area contributed by atoms with E-state index in [2.05, 4.69) is 43.3 Å². The summed E-state index contributed by atoms with van der Waals surface area (Å²) in [6.07, 6.45) is 0.304. The van der Waals surface area contributed by atoms with Crippen molar-refractivity contribution in [2.45, 2.75) is 40.2 Å². The van der Waals surface area contributed by atoms with E-state index in [0.717, 1.165) is 16.9 Å². The molecule has 0 saturated heterocycles. The fraction of sp³-hybridized carbons (Fsp3) is 0.588. The minimum Gasteiger partial charge on any atom is -0.392 e. The lowest BCUT2D eigenvalue weighted by molar-refractivity contribution is 0.126. The van der Waals surface area contributed by atoms with E-state index in [4.69, 9.17) is 0 Å². The molecule has 0 spiro atoms. The van der Waals surface area contributed by atoms with Gasteiger partial charge in [0, 0.05) is 13.5 Å². The molecule has 1 atom stereocenters. The molecule has 2 aromatic rings. The summed E-state index contributed by atoms with van der Waals surface area (Å²) in [4.78, 5) is 4.66. The van der Waals surface area contributed by atoms with Crippen molar-refractivity contribution in [3.63, 3.8) is 0 Å². The van der Waals surface area contributed by atoms with Gasteiger partial charge in [0.15, 0.2) is 0 Å². The van der Waals surface area contributed by atoms with Crippen LogP contribution in [0.15, 0.2) is 24.3 Å². The van der Waals surface area contributed by atoms with Crippen LogP contribution in [0.3, 0.4) is 0 Å². The Balaban J connectivity index is 1.86. The van der Waals surface area contributed by atoms with E-state index >= 15 is 0 Å². The van der Waals surface area contributed by atoms with Crippen molar-refractivity contribution in [1.82, 2.24) is 9.55 Å². The maximum absolute atomic E-state index is 10.6. The molecule has 108 valence electrons. The Bertz CT molecular complexity index is 640. The number of para-hydroxylation sites is 2. The molecule has 1 aliphatic rings. The highest BCUT2D eigenvalue weighted by Crippen LogP contribution is 2.69. The topological polar surface area (TPSA) is 38.0 Å². The van der Waals surface area contributed by atoms with Crippen molar-refractivity contribution in [2.75, 3.05) is 0 Å². The van der Waals surface area contributed by atoms with E-state index in [1.807, 2.05) is 25.2 Å². The zero-order valence-corrected chi connectivity index (χ0v) is 13.0. The molecule has 0 amide bonds. The molecule has 0 aliphatic heterocycles. The Labute approximate surface area is 120 Å². The molecule has 1 aromatic carbocycles. The first-order chi connectivity index (χ1) is 9.26. The molecule has 1 saturated carbocycles. The standard InChI is InChI=1S/C17H24N2O/c1-16(2)15(17(16,3)4)13(20)10-14-18-11-8-6-7-9-12(11)19(14)5/h6-9,13,15,20H,10H2,1-5H3. The van der Waals surface area contributed by atoms with Gasteiger partial charge in [-0.15, -0.1) is 0 Å². The first kappa shape index (κ1) is 13.6. The van der Waals surface area contributed by atoms with E-state index in [1.165, 1.54) is 0 Å². The molecule has 1 N–H and O–H groups in total. The quantitative estimate of drug-likeness (QED) is 0.932. The van der Waals surface area contributed by atoms with Gasteiger partial charge in [-0.2, -0.15) is 0 Å². The molecule has 0 radical (unpaired) electrons. The third kappa shape index (κ3) is 1.72. The largest absolute Gasteiger partial charge is 0.392 e. The lowest BCUT2D eigenvalue weighted by Gasteiger charge is -2.12. The van der Waals surface area contributed by atoms with Gasteiger partial charge in [-0.05, 0) is 28.9 Å². The van der Waals surface area contributed by atoms with Crippen LogP contribution in [0.2, 0.25) is 0 Å². The minimum atomic E-state index is -0.324. The number of hydrogen-bond acceptors (Lipinski definition) is 2. The summed E-state index contributed by atoms with van der Waals surface area (Å²) in [5, 5.41) is 10.6. The van der Waals surface area contributed by atoms with Crippen molar-refractivity contribution < 1.29 is 5.11 Å². The Morgan fingerprint density at radius 1 is 1.20 bits per heavy atom. The van der Waals surface area contributed by atoms with Crippen LogP contribution in [0.4, 0.5) is 0 Å². The average molecular weight is 272 g/mol. The van der Waals surface area contributed by atoms with Crippen molar-refractivity contribution in [2.24, 2.45) is 23.8 Å². The molecular weight excluding hydrogens is 248 g/mol. The zero-order chi connectivity index (χ0) is 14.7. The number of fused-ring (bicyclic) bond motifs is 1. The number of imidazole rings is 1. The molecule has 3 nitrogen and oxygen atoms in total. The predicted octanol–water partition coefficient (Wildman–Crippen LogP) is 3.16. The van der Waals surface area contributed by atoms with Crippen LogP contribution < -0.4 is 0 Å². The van der Waals surface area contributed by atoms with Crippen molar-refractivity contribution >= 4 is 11.0 Å². The molecule has 3 heteroatoms. The summed E-state index contributed by atoms with van der Waals surface area (Å²) in [5.74, 6) is 1.31. The van der Waals surface area contributed by atoms with E-state index in [1.54, 1.807) is 0 Å². The molecule has 20 heavy (non-hydrogen) atoms. The van der Waals surface area contributed by atoms with Crippen LogP contribution in [0.5, 0.6) is 0 Å². The first-order valence-corrected chi connectivity index (χ1v) is 7.35. The van der Waals surface area contributed by atoms with Crippen molar-refractivity contribution in [3.8, 4) is 0 Å². The molecule has 3 rings (SSSR count). The van der Waals surface area contributed by atoms with Gasteiger partial charge in [0.05, 0.1) is 17.1 Å². The number of aliphatic hydroxyl groups is 1. The number of rotatable bonds is 3. The van der Waals surface area contributed by atoms with E-state index in [-0.39, 0.29) is 16.9 Å². The van der Waals surface area contributed by atoms with E-state index in [9.17, 15) is 5.11 Å². The summed E-state index contributed by atoms with van der Waals surface area (Å²) < 4.78 is 2.10. The summed E-state index contributed by atoms with van der Waals surface area (Å²) in [5.41, 5.74) is 2.55. The first-order valence-electron chi connectivity index (χ1n) is 7.35. The van der Waals surface area contributed by atoms with Gasteiger partial charge >= 0.3 is 0 Å². The molecule has 0 bridgehead atoms. The number of hydrogen-bond donors (Lipinski definition) is 1. The number of nitrogens with zero attached hydrogens (tertiary/aromatic N) is 2. The van der Waals surface area contributed by atoms with Crippen LogP contribution in [0.1, 0.15) is 33.5 Å². The summed E-state index contributed by atoms with van der Waals surface area (Å²) in [7, 11) is 2.03. The van der Waals surface area contributed by atoms with Gasteiger partial charge in [0.25, 0.3) is 0 Å². The average Bonchev–Trinajstić information content (AvgIpc) is 2.63. The van der Waals surface area contributed by atoms with Gasteiger partial charge < -0.3 is 9.67 Å². The Hall–Kier alpha value is -1.35. The SMILES string of the molecule is Cn1c(CC(O)C2C(C)(C)C2(C)C)nc2ccccc21. The van der Waals surface area contributed by atoms with Crippen LogP contribution in [0.25, 0.3) is 11.0 Å². The van der Waals surface area contributed by atoms with Gasteiger partial charge in [0.1, 0.15) is 5.82 Å². The highest BCUT2D eigenvalue weighted by Gasteiger charge is 2.67. The molecule has 1 fully saturated rings. The lowest BCUT2D eigenvalue weighted by atomic mass is 10.0. The molecule has 1 aromatic heterocycles. The van der Waals surface area contributed by atoms with Gasteiger partial charge in [-0.25, -0.2) is 4.98 Å². The van der Waals surface area contributed by atoms with Gasteiger partial charge in [0.2, 0.25) is 0 Å². The fourth-order valence-electron chi connectivity index (χ4n) is 3.89. The maximum atomic E-state index is 10.6. The molecule has 1 unspecified atom stereocenters. The minimum absolute atomic E-state index is 0.205. The smallest absolute Gasteiger partial charge is 0.112 e. The van der Waals surface area contributed by atoms with Gasteiger partial charge in [-0.3, -0.25) is 0 Å². The van der Waals surface area contributed by atoms with E-state index < -0.39 is 0 Å². The summed E-state index contributed by atoms with van der Waals surface area (Å²) in [6, 6.07) is 8.12. The molecular formula is C17H24N2O. The normalized spacial score (nSPS) is 22.1. The zero-order valence-electron chi connectivity index (χ0n) is 13.0. The van der Waals surface area contributed by atoms with Crippen LogP contribution in [-0.4, -0.2) is 20.8 Å². The second-order valence-corrected chi connectivity index (χ2v) is 7.27. The van der Waals surface area contributed by atoms with Crippen LogP contribution >= 0.6 is 0 Å². The third-order valence-corrected chi connectivity index (χ3v) is 5.79. The van der Waals surface area contributed by atoms with Crippen LogP contribution in [-0.2, 0) is 13.5 Å². The number of aliphatic hydroxyl groups excluding tert-OH is 1. The molecule has 1 heterocycles. The number of aryl methyl sites for hydroxylation is 1. The molecule has 1 aliphatic carbocycles. The monoisotopic (exact) mass is 272 g/mol. The third-order valence-electron chi connectivity index (χ3n) is 5.79. The van der Waals surface area contributed by atoms with E-state index in [0.29, 0.717) is 12.3 Å². The number of benzene rings is 1. The van der Waals surface area contributed by atoms with Crippen molar-refractivity contribution in [3.05, 3.63) is 30.1 Å². The highest BCUT2D eigenvalue weighted by atomic mass is 16.3. The lowest BCUT2D eigenvalue weighted by Crippen LogP contribution is -2.19. The highest BCUT2D eigenvalue weighted by molar-refractivity contribution is 5.75. The second kappa shape index (κ2) is 4.08. The summed E-state index contributed by atoms with van der Waals surface area (Å²) >= 11 is 0. The maximum Gasteiger partial charge on any atom is 0.112 e. The summed E-state index contributed by atoms with van der Waals surface area (Å²) in [6.45, 7) is 8.98. The number of aromatic nitrogens is 2. The Morgan fingerprint density at radius 3 is 2.35 bits per heavy atom. The van der Waals surface area contributed by atoms with Gasteiger partial charge in [-0.1, -0.05) is 39.8 Å². The Morgan fingerprint density at radius 2 is 1.80 bits per heavy atom. The Kier molecular flexibility index (Phi) is 2.78.